The van der Waals surface area contributed by atoms with E-state index in [-0.39, 0.29) is 39.8 Å². The van der Waals surface area contributed by atoms with Crippen LogP contribution in [0.3, 0.4) is 0 Å². The first kappa shape index (κ1) is 33.1. The smallest absolute Gasteiger partial charge is 0.264 e. The molecule has 3 aromatic carbocycles. The highest BCUT2D eigenvalue weighted by molar-refractivity contribution is 7.92. The van der Waals surface area contributed by atoms with Crippen molar-refractivity contribution in [1.82, 2.24) is 10.2 Å². The number of carbonyl (C=O) groups is 2. The van der Waals surface area contributed by atoms with Crippen molar-refractivity contribution in [2.24, 2.45) is 0 Å². The number of benzene rings is 3. The molecular formula is C33H40ClN3O6S. The van der Waals surface area contributed by atoms with Gasteiger partial charge in [0.05, 0.1) is 24.8 Å². The first-order valence-electron chi connectivity index (χ1n) is 14.7. The lowest BCUT2D eigenvalue weighted by Crippen LogP contribution is -2.53. The van der Waals surface area contributed by atoms with E-state index in [1.165, 1.54) is 30.2 Å². The zero-order valence-corrected chi connectivity index (χ0v) is 27.2. The van der Waals surface area contributed by atoms with Crippen LogP contribution in [0.25, 0.3) is 0 Å². The third-order valence-corrected chi connectivity index (χ3v) is 9.91. The second kappa shape index (κ2) is 14.8. The number of hydrogen-bond donors (Lipinski definition) is 1. The fourth-order valence-corrected chi connectivity index (χ4v) is 7.01. The third-order valence-electron chi connectivity index (χ3n) is 7.90. The van der Waals surface area contributed by atoms with Crippen LogP contribution in [0.4, 0.5) is 5.69 Å². The molecule has 3 aromatic rings. The van der Waals surface area contributed by atoms with Crippen LogP contribution in [0.5, 0.6) is 11.5 Å². The summed E-state index contributed by atoms with van der Waals surface area (Å²) in [6.45, 7) is 3.20. The van der Waals surface area contributed by atoms with Crippen molar-refractivity contribution >= 4 is 39.1 Å². The topological polar surface area (TPSA) is 105 Å². The third kappa shape index (κ3) is 7.84. The maximum Gasteiger partial charge on any atom is 0.264 e. The summed E-state index contributed by atoms with van der Waals surface area (Å²) in [6, 6.07) is 17.4. The zero-order chi connectivity index (χ0) is 31.9. The summed E-state index contributed by atoms with van der Waals surface area (Å²) >= 11 is 6.33. The van der Waals surface area contributed by atoms with Crippen molar-refractivity contribution in [3.63, 3.8) is 0 Å². The Balaban J connectivity index is 1.76. The first-order valence-corrected chi connectivity index (χ1v) is 16.5. The largest absolute Gasteiger partial charge is 0.497 e. The summed E-state index contributed by atoms with van der Waals surface area (Å²) in [5.41, 5.74) is 1.76. The van der Waals surface area contributed by atoms with Crippen LogP contribution in [0, 0.1) is 6.92 Å². The van der Waals surface area contributed by atoms with Crippen LogP contribution >= 0.6 is 11.6 Å². The Labute approximate surface area is 265 Å². The van der Waals surface area contributed by atoms with Gasteiger partial charge in [0.25, 0.3) is 10.0 Å². The summed E-state index contributed by atoms with van der Waals surface area (Å²) in [7, 11) is -1.29. The molecule has 2 amide bonds. The highest BCUT2D eigenvalue weighted by Crippen LogP contribution is 2.35. The van der Waals surface area contributed by atoms with Gasteiger partial charge in [0, 0.05) is 17.6 Å². The molecule has 1 aliphatic carbocycles. The van der Waals surface area contributed by atoms with E-state index >= 15 is 0 Å². The predicted octanol–water partition coefficient (Wildman–Crippen LogP) is 5.73. The number of aryl methyl sites for hydroxylation is 1. The first-order chi connectivity index (χ1) is 21.1. The van der Waals surface area contributed by atoms with Crippen molar-refractivity contribution in [3.8, 4) is 11.5 Å². The molecule has 44 heavy (non-hydrogen) atoms. The molecule has 0 unspecified atom stereocenters. The van der Waals surface area contributed by atoms with Gasteiger partial charge >= 0.3 is 0 Å². The van der Waals surface area contributed by atoms with Crippen LogP contribution in [0.1, 0.15) is 50.2 Å². The Morgan fingerprint density at radius 2 is 1.64 bits per heavy atom. The summed E-state index contributed by atoms with van der Waals surface area (Å²) in [5, 5.41) is 3.39. The van der Waals surface area contributed by atoms with E-state index in [4.69, 9.17) is 21.1 Å². The van der Waals surface area contributed by atoms with Crippen LogP contribution in [-0.2, 0) is 26.2 Å². The maximum absolute atomic E-state index is 14.4. The van der Waals surface area contributed by atoms with Gasteiger partial charge in [-0.2, -0.15) is 0 Å². The predicted molar refractivity (Wildman–Crippen MR) is 172 cm³/mol. The van der Waals surface area contributed by atoms with E-state index in [0.29, 0.717) is 12.2 Å². The number of hydrogen-bond acceptors (Lipinski definition) is 6. The molecule has 0 radical (unpaired) electrons. The fourth-order valence-electron chi connectivity index (χ4n) is 5.42. The average molecular weight is 642 g/mol. The number of amides is 2. The van der Waals surface area contributed by atoms with Crippen LogP contribution < -0.4 is 19.1 Å². The number of anilines is 1. The van der Waals surface area contributed by atoms with Crippen molar-refractivity contribution in [3.05, 3.63) is 82.9 Å². The number of methoxy groups -OCH3 is 2. The summed E-state index contributed by atoms with van der Waals surface area (Å²) in [6.07, 6.45) is 4.22. The van der Waals surface area contributed by atoms with E-state index in [0.717, 1.165) is 41.1 Å². The van der Waals surface area contributed by atoms with E-state index in [1.807, 2.05) is 26.0 Å². The molecule has 0 aliphatic heterocycles. The molecule has 1 N–H and O–H groups in total. The molecule has 1 atom stereocenters. The van der Waals surface area contributed by atoms with Gasteiger partial charge < -0.3 is 19.7 Å². The molecule has 0 saturated heterocycles. The SMILES string of the molecule is CC[C@H](C(=O)NC1CCCC1)N(Cc1ccc(OC)cc1)C(=O)CN(c1cc(Cl)ccc1OC)S(=O)(=O)c1ccc(C)cc1. The van der Waals surface area contributed by atoms with Gasteiger partial charge in [0.2, 0.25) is 11.8 Å². The minimum absolute atomic E-state index is 0.00523. The minimum atomic E-state index is -4.27. The van der Waals surface area contributed by atoms with Crippen LogP contribution in [0.15, 0.2) is 71.6 Å². The molecule has 0 spiro atoms. The van der Waals surface area contributed by atoms with Crippen LogP contribution in [0.2, 0.25) is 5.02 Å². The van der Waals surface area contributed by atoms with E-state index in [9.17, 15) is 18.0 Å². The number of halogens is 1. The lowest BCUT2D eigenvalue weighted by molar-refractivity contribution is -0.140. The number of nitrogens with one attached hydrogen (secondary N) is 1. The Hall–Kier alpha value is -3.76. The van der Waals surface area contributed by atoms with Gasteiger partial charge in [-0.1, -0.05) is 61.2 Å². The number of rotatable bonds is 13. The summed E-state index contributed by atoms with van der Waals surface area (Å²) < 4.78 is 40.2. The second-order valence-electron chi connectivity index (χ2n) is 10.9. The fraction of sp³-hybridized carbons (Fsp3) is 0.394. The molecule has 1 aliphatic rings. The van der Waals surface area contributed by atoms with Gasteiger partial charge in [0.15, 0.2) is 0 Å². The molecule has 4 rings (SSSR count). The summed E-state index contributed by atoms with van der Waals surface area (Å²) in [5.74, 6) is 0.0770. The quantitative estimate of drug-likeness (QED) is 0.256. The lowest BCUT2D eigenvalue weighted by Gasteiger charge is -2.34. The number of carbonyl (C=O) groups excluding carboxylic acids is 2. The van der Waals surface area contributed by atoms with E-state index in [1.54, 1.807) is 43.5 Å². The van der Waals surface area contributed by atoms with Gasteiger partial charge in [0.1, 0.15) is 24.1 Å². The minimum Gasteiger partial charge on any atom is -0.497 e. The molecule has 0 aromatic heterocycles. The van der Waals surface area contributed by atoms with E-state index < -0.39 is 28.5 Å². The Morgan fingerprint density at radius 1 is 0.977 bits per heavy atom. The Kier molecular flexibility index (Phi) is 11.2. The number of sulfonamides is 1. The Bertz CT molecular complexity index is 1540. The molecule has 1 fully saturated rings. The number of nitrogens with zero attached hydrogens (tertiary/aromatic N) is 2. The monoisotopic (exact) mass is 641 g/mol. The van der Waals surface area contributed by atoms with Crippen LogP contribution in [-0.4, -0.2) is 58.0 Å². The molecule has 1 saturated carbocycles. The van der Waals surface area contributed by atoms with Crippen molar-refractivity contribution in [2.45, 2.75) is 69.5 Å². The van der Waals surface area contributed by atoms with Crippen molar-refractivity contribution in [1.29, 1.82) is 0 Å². The zero-order valence-electron chi connectivity index (χ0n) is 25.6. The lowest BCUT2D eigenvalue weighted by atomic mass is 10.1. The summed E-state index contributed by atoms with van der Waals surface area (Å²) in [4.78, 5) is 29.4. The molecule has 236 valence electrons. The highest BCUT2D eigenvalue weighted by Gasteiger charge is 2.35. The van der Waals surface area contributed by atoms with Crippen molar-refractivity contribution in [2.75, 3.05) is 25.1 Å². The second-order valence-corrected chi connectivity index (χ2v) is 13.2. The maximum atomic E-state index is 14.4. The number of ether oxygens (including phenoxy) is 2. The molecule has 9 nitrogen and oxygen atoms in total. The van der Waals surface area contributed by atoms with Gasteiger partial charge in [-0.3, -0.25) is 13.9 Å². The van der Waals surface area contributed by atoms with Gasteiger partial charge in [-0.25, -0.2) is 8.42 Å². The normalized spacial score (nSPS) is 14.1. The van der Waals surface area contributed by atoms with Gasteiger partial charge in [-0.05, 0) is 74.2 Å². The highest BCUT2D eigenvalue weighted by atomic mass is 35.5. The molecule has 0 bridgehead atoms. The van der Waals surface area contributed by atoms with E-state index in [2.05, 4.69) is 5.32 Å². The molecule has 0 heterocycles. The standard InChI is InChI=1S/C33H40ClN3O6S/c1-5-29(33(39)35-26-8-6-7-9-26)36(21-24-12-15-27(42-3)16-13-24)32(38)22-37(30-20-25(34)14-19-31(30)43-4)44(40,41)28-17-10-23(2)11-18-28/h10-20,26,29H,5-9,21-22H2,1-4H3,(H,35,39)/t29-/m1/s1. The average Bonchev–Trinajstić information content (AvgIpc) is 3.53. The van der Waals surface area contributed by atoms with Crippen molar-refractivity contribution < 1.29 is 27.5 Å². The molecule has 11 heteroatoms. The molecular weight excluding hydrogens is 602 g/mol. The van der Waals surface area contributed by atoms with Gasteiger partial charge in [-0.15, -0.1) is 0 Å². The Morgan fingerprint density at radius 3 is 2.23 bits per heavy atom.